The zero-order valence-electron chi connectivity index (χ0n) is 10.1. The highest BCUT2D eigenvalue weighted by Crippen LogP contribution is 2.31. The first-order chi connectivity index (χ1) is 9.60. The van der Waals surface area contributed by atoms with E-state index in [4.69, 9.17) is 28.3 Å². The van der Waals surface area contributed by atoms with Gasteiger partial charge >= 0.3 is 0 Å². The standard InChI is InChI=1S/C13H9Cl2NO2S2/c14-11-5-10(12(15)20-11)13(18)16-6-9-4-8(7-19-9)2-1-3-17/h4-5,7,17H,3,6H2,(H,16,18). The van der Waals surface area contributed by atoms with Crippen molar-refractivity contribution in [3.63, 3.8) is 0 Å². The van der Waals surface area contributed by atoms with Crippen LogP contribution in [0.5, 0.6) is 0 Å². The van der Waals surface area contributed by atoms with Crippen LogP contribution in [0.4, 0.5) is 0 Å². The Balaban J connectivity index is 1.96. The SMILES string of the molecule is O=C(NCc1cc(C#CCO)cs1)c1cc(Cl)sc1Cl. The van der Waals surface area contributed by atoms with Gasteiger partial charge in [0.1, 0.15) is 10.9 Å². The van der Waals surface area contributed by atoms with E-state index in [1.165, 1.54) is 11.3 Å². The van der Waals surface area contributed by atoms with Crippen LogP contribution in [-0.4, -0.2) is 17.6 Å². The smallest absolute Gasteiger partial charge is 0.254 e. The van der Waals surface area contributed by atoms with Gasteiger partial charge in [0.15, 0.2) is 0 Å². The molecule has 0 aliphatic heterocycles. The Morgan fingerprint density at radius 1 is 1.40 bits per heavy atom. The third kappa shape index (κ3) is 3.98. The predicted molar refractivity (Wildman–Crippen MR) is 83.8 cm³/mol. The summed E-state index contributed by atoms with van der Waals surface area (Å²) in [6.07, 6.45) is 0. The van der Waals surface area contributed by atoms with Crippen molar-refractivity contribution in [2.24, 2.45) is 0 Å². The quantitative estimate of drug-likeness (QED) is 0.837. The molecule has 0 saturated heterocycles. The van der Waals surface area contributed by atoms with Gasteiger partial charge < -0.3 is 10.4 Å². The first kappa shape index (κ1) is 15.4. The molecule has 0 saturated carbocycles. The molecule has 2 rings (SSSR count). The number of carbonyl (C=O) groups is 1. The molecule has 104 valence electrons. The van der Waals surface area contributed by atoms with Gasteiger partial charge in [0, 0.05) is 15.8 Å². The van der Waals surface area contributed by atoms with Gasteiger partial charge in [-0.15, -0.1) is 22.7 Å². The third-order valence-electron chi connectivity index (χ3n) is 2.29. The Bertz CT molecular complexity index is 682. The van der Waals surface area contributed by atoms with Gasteiger partial charge in [-0.2, -0.15) is 0 Å². The van der Waals surface area contributed by atoms with Crippen LogP contribution < -0.4 is 5.32 Å². The van der Waals surface area contributed by atoms with Gasteiger partial charge in [0.25, 0.3) is 5.91 Å². The topological polar surface area (TPSA) is 49.3 Å². The maximum Gasteiger partial charge on any atom is 0.254 e. The molecule has 0 aliphatic rings. The van der Waals surface area contributed by atoms with Gasteiger partial charge in [-0.3, -0.25) is 4.79 Å². The zero-order valence-corrected chi connectivity index (χ0v) is 13.2. The number of amides is 1. The maximum atomic E-state index is 11.9. The van der Waals surface area contributed by atoms with E-state index in [0.29, 0.717) is 20.8 Å². The molecule has 0 aliphatic carbocycles. The normalized spacial score (nSPS) is 9.95. The molecule has 7 heteroatoms. The molecule has 2 heterocycles. The molecule has 2 aromatic heterocycles. The maximum absolute atomic E-state index is 11.9. The first-order valence-electron chi connectivity index (χ1n) is 5.50. The fourth-order valence-electron chi connectivity index (χ4n) is 1.44. The molecule has 0 unspecified atom stereocenters. The Hall–Kier alpha value is -1.03. The minimum absolute atomic E-state index is 0.167. The summed E-state index contributed by atoms with van der Waals surface area (Å²) >= 11 is 14.4. The molecule has 0 aromatic carbocycles. The number of rotatable bonds is 3. The van der Waals surface area contributed by atoms with E-state index < -0.39 is 0 Å². The van der Waals surface area contributed by atoms with E-state index in [0.717, 1.165) is 21.8 Å². The molecule has 20 heavy (non-hydrogen) atoms. The van der Waals surface area contributed by atoms with E-state index in [1.807, 2.05) is 11.4 Å². The van der Waals surface area contributed by atoms with Crippen LogP contribution in [0.2, 0.25) is 8.67 Å². The Morgan fingerprint density at radius 2 is 2.20 bits per heavy atom. The highest BCUT2D eigenvalue weighted by molar-refractivity contribution is 7.20. The first-order valence-corrected chi connectivity index (χ1v) is 7.95. The lowest BCUT2D eigenvalue weighted by molar-refractivity contribution is 0.0952. The van der Waals surface area contributed by atoms with Crippen molar-refractivity contribution < 1.29 is 9.90 Å². The number of hydrogen-bond acceptors (Lipinski definition) is 4. The number of aliphatic hydroxyl groups is 1. The number of thiophene rings is 2. The number of carbonyl (C=O) groups excluding carboxylic acids is 1. The lowest BCUT2D eigenvalue weighted by Crippen LogP contribution is -2.21. The summed E-state index contributed by atoms with van der Waals surface area (Å²) in [4.78, 5) is 12.9. The van der Waals surface area contributed by atoms with Crippen LogP contribution in [0.15, 0.2) is 17.5 Å². The molecule has 1 amide bonds. The largest absolute Gasteiger partial charge is 0.384 e. The summed E-state index contributed by atoms with van der Waals surface area (Å²) in [5, 5.41) is 13.3. The average Bonchev–Trinajstić information content (AvgIpc) is 3.00. The fourth-order valence-corrected chi connectivity index (χ4v) is 3.65. The minimum Gasteiger partial charge on any atom is -0.384 e. The summed E-state index contributed by atoms with van der Waals surface area (Å²) in [6, 6.07) is 3.42. The van der Waals surface area contributed by atoms with Crippen LogP contribution in [0.3, 0.4) is 0 Å². The van der Waals surface area contributed by atoms with Crippen molar-refractivity contribution in [2.45, 2.75) is 6.54 Å². The lowest BCUT2D eigenvalue weighted by atomic mass is 10.3. The van der Waals surface area contributed by atoms with Gasteiger partial charge in [-0.25, -0.2) is 0 Å². The number of aliphatic hydroxyl groups excluding tert-OH is 1. The van der Waals surface area contributed by atoms with Crippen molar-refractivity contribution >= 4 is 51.8 Å². The van der Waals surface area contributed by atoms with E-state index in [1.54, 1.807) is 6.07 Å². The second-order valence-electron chi connectivity index (χ2n) is 3.68. The number of halogens is 2. The van der Waals surface area contributed by atoms with Crippen molar-refractivity contribution in [2.75, 3.05) is 6.61 Å². The fraction of sp³-hybridized carbons (Fsp3) is 0.154. The average molecular weight is 346 g/mol. The summed E-state index contributed by atoms with van der Waals surface area (Å²) in [5.41, 5.74) is 1.21. The van der Waals surface area contributed by atoms with E-state index in [9.17, 15) is 4.79 Å². The second-order valence-corrected chi connectivity index (χ2v) is 6.96. The molecule has 3 nitrogen and oxygen atoms in total. The molecule has 2 aromatic rings. The molecule has 0 radical (unpaired) electrons. The Kier molecular flexibility index (Phi) is 5.46. The minimum atomic E-state index is -0.255. The van der Waals surface area contributed by atoms with Gasteiger partial charge in [0.05, 0.1) is 16.4 Å². The van der Waals surface area contributed by atoms with Crippen LogP contribution in [0.25, 0.3) is 0 Å². The monoisotopic (exact) mass is 345 g/mol. The lowest BCUT2D eigenvalue weighted by Gasteiger charge is -2.01. The van der Waals surface area contributed by atoms with Crippen molar-refractivity contribution in [1.29, 1.82) is 0 Å². The summed E-state index contributed by atoms with van der Waals surface area (Å²) in [6.45, 7) is 0.230. The van der Waals surface area contributed by atoms with E-state index in [2.05, 4.69) is 17.2 Å². The highest BCUT2D eigenvalue weighted by atomic mass is 35.5. The molecular formula is C13H9Cl2NO2S2. The van der Waals surface area contributed by atoms with Crippen molar-refractivity contribution in [3.05, 3.63) is 42.2 Å². The number of nitrogens with one attached hydrogen (secondary N) is 1. The molecule has 0 spiro atoms. The third-order valence-corrected chi connectivity index (χ3v) is 4.71. The van der Waals surface area contributed by atoms with Crippen molar-refractivity contribution in [3.8, 4) is 11.8 Å². The predicted octanol–water partition coefficient (Wildman–Crippen LogP) is 3.39. The molecule has 2 N–H and O–H groups in total. The summed E-state index contributed by atoms with van der Waals surface area (Å²) in [7, 11) is 0. The second kappa shape index (κ2) is 7.11. The van der Waals surface area contributed by atoms with Crippen LogP contribution in [-0.2, 0) is 6.54 Å². The Morgan fingerprint density at radius 3 is 2.85 bits per heavy atom. The van der Waals surface area contributed by atoms with Gasteiger partial charge in [-0.1, -0.05) is 35.0 Å². The van der Waals surface area contributed by atoms with Crippen LogP contribution in [0.1, 0.15) is 20.8 Å². The molecule has 0 fully saturated rings. The van der Waals surface area contributed by atoms with E-state index in [-0.39, 0.29) is 12.5 Å². The summed E-state index contributed by atoms with van der Waals surface area (Å²) < 4.78 is 0.867. The van der Waals surface area contributed by atoms with Gasteiger partial charge in [0.2, 0.25) is 0 Å². The Labute approximate surface area is 134 Å². The zero-order chi connectivity index (χ0) is 14.5. The number of hydrogen-bond donors (Lipinski definition) is 2. The van der Waals surface area contributed by atoms with Crippen LogP contribution in [0, 0.1) is 11.8 Å². The highest BCUT2D eigenvalue weighted by Gasteiger charge is 2.14. The van der Waals surface area contributed by atoms with Crippen molar-refractivity contribution in [1.82, 2.24) is 5.32 Å². The summed E-state index contributed by atoms with van der Waals surface area (Å²) in [5.74, 6) is 5.13. The molecular weight excluding hydrogens is 337 g/mol. The van der Waals surface area contributed by atoms with Gasteiger partial charge in [-0.05, 0) is 12.1 Å². The van der Waals surface area contributed by atoms with E-state index >= 15 is 0 Å². The van der Waals surface area contributed by atoms with Crippen LogP contribution >= 0.6 is 45.9 Å². The molecule has 0 bridgehead atoms. The molecule has 0 atom stereocenters.